The molecule has 11 nitrogen and oxygen atoms in total. The van der Waals surface area contributed by atoms with Gasteiger partial charge < -0.3 is 14.6 Å². The van der Waals surface area contributed by atoms with Gasteiger partial charge >= 0.3 is 0 Å². The van der Waals surface area contributed by atoms with E-state index in [1.54, 1.807) is 92.0 Å². The van der Waals surface area contributed by atoms with Crippen LogP contribution >= 0.6 is 0 Å². The summed E-state index contributed by atoms with van der Waals surface area (Å²) in [5, 5.41) is 23.7. The van der Waals surface area contributed by atoms with Crippen LogP contribution in [-0.4, -0.2) is 41.9 Å². The Morgan fingerprint density at radius 2 is 1.12 bits per heavy atom. The third kappa shape index (κ3) is 8.16. The maximum absolute atomic E-state index is 13.8. The van der Waals surface area contributed by atoms with Crippen molar-refractivity contribution >= 4 is 37.8 Å². The topological polar surface area (TPSA) is 140 Å². The second-order valence-electron chi connectivity index (χ2n) is 15.9. The van der Waals surface area contributed by atoms with Gasteiger partial charge in [-0.15, -0.1) is 0 Å². The first kappa shape index (κ1) is 42.5. The normalized spacial score (nSPS) is 13.4. The molecule has 0 spiro atoms. The molecule has 0 radical (unpaired) electrons. The predicted octanol–water partition coefficient (Wildman–Crippen LogP) is 10.5. The first-order valence-corrected chi connectivity index (χ1v) is 22.8. The molecule has 1 N–H and O–H groups in total. The van der Waals surface area contributed by atoms with Gasteiger partial charge in [-0.3, -0.25) is 9.59 Å². The Morgan fingerprint density at radius 1 is 0.597 bits per heavy atom. The molecule has 328 valence electrons. The number of aliphatic hydroxyl groups is 1. The molecule has 8 aromatic carbocycles. The monoisotopic (exact) mass is 900 g/mol. The number of carbonyl (C=O) groups excluding carboxylic acids is 1. The molecular weight excluding hydrogens is 861 g/mol. The molecule has 9 aromatic rings. The van der Waals surface area contributed by atoms with E-state index in [1.165, 1.54) is 34.0 Å². The van der Waals surface area contributed by atoms with Crippen molar-refractivity contribution in [1.29, 1.82) is 0 Å². The number of carbonyl (C=O) groups is 1. The molecule has 1 aromatic heterocycles. The number of ketones is 1. The summed E-state index contributed by atoms with van der Waals surface area (Å²) in [5.41, 5.74) is 7.12. The van der Waals surface area contributed by atoms with Crippen LogP contribution in [0, 0.1) is 6.92 Å². The van der Waals surface area contributed by atoms with Gasteiger partial charge in [-0.1, -0.05) is 72.3 Å². The number of benzene rings is 8. The lowest BCUT2D eigenvalue weighted by Gasteiger charge is -2.32. The second-order valence-corrected chi connectivity index (χ2v) is 17.9. The van der Waals surface area contributed by atoms with Crippen molar-refractivity contribution in [3.63, 3.8) is 0 Å². The van der Waals surface area contributed by atoms with Gasteiger partial charge in [-0.2, -0.15) is 14.9 Å². The zero-order valence-corrected chi connectivity index (χ0v) is 37.0. The average Bonchev–Trinajstić information content (AvgIpc) is 3.37. The number of hydrogen-bond acceptors (Lipinski definition) is 10. The predicted molar refractivity (Wildman–Crippen MR) is 258 cm³/mol. The van der Waals surface area contributed by atoms with E-state index in [-0.39, 0.29) is 21.1 Å². The Balaban J connectivity index is 0.856. The fourth-order valence-corrected chi connectivity index (χ4v) is 9.33. The first-order valence-electron chi connectivity index (χ1n) is 21.3. The van der Waals surface area contributed by atoms with Gasteiger partial charge in [0.2, 0.25) is 9.84 Å². The van der Waals surface area contributed by atoms with E-state index in [1.807, 2.05) is 91.9 Å². The minimum Gasteiger partial charge on any atom is -0.497 e. The number of fused-ring (bicyclic) bond motifs is 2. The van der Waals surface area contributed by atoms with Crippen LogP contribution in [0.25, 0.3) is 27.7 Å². The van der Waals surface area contributed by atoms with Gasteiger partial charge in [0, 0.05) is 38.8 Å². The molecule has 0 aliphatic carbocycles. The van der Waals surface area contributed by atoms with Crippen molar-refractivity contribution in [2.75, 3.05) is 12.1 Å². The van der Waals surface area contributed by atoms with E-state index in [4.69, 9.17) is 19.7 Å². The minimum atomic E-state index is -3.93. The number of anilines is 1. The highest BCUT2D eigenvalue weighted by molar-refractivity contribution is 7.91. The standard InChI is InChI=1S/C55H40N4O7S/c1-35-11-13-38(14-12-35)53(60)39-15-21-40(22-16-39)58-54(61)49-9-5-4-8-48(49)52(56-58)37-19-27-43(28-20-37)66-44-29-33-46(34-30-44)67(63,64)45-31-23-41(24-32-45)59-55(62)50-10-6-3-7-47(50)51(57-59)36-17-25-42(65-2)26-18-36/h3-34,55,62H,1-2H3. The molecular formula is C55H40N4O7S. The molecule has 2 heterocycles. The van der Waals surface area contributed by atoms with Gasteiger partial charge in [-0.05, 0) is 134 Å². The Kier molecular flexibility index (Phi) is 11.1. The molecule has 12 heteroatoms. The van der Waals surface area contributed by atoms with E-state index in [2.05, 4.69) is 0 Å². The summed E-state index contributed by atoms with van der Waals surface area (Å²) in [6.07, 6.45) is -1.10. The SMILES string of the molecule is COc1ccc(C2=NN(c3ccc(S(=O)(=O)c4ccc(Oc5ccc(-c6nn(-c7ccc(C(=O)c8ccc(C)cc8)cc7)c(=O)c7ccccc67)cc5)cc4)cc3)C(O)c3ccccc32)cc1. The maximum Gasteiger partial charge on any atom is 0.279 e. The largest absolute Gasteiger partial charge is 0.497 e. The molecule has 0 saturated heterocycles. The Hall–Kier alpha value is -8.45. The number of hydrogen-bond donors (Lipinski definition) is 1. The summed E-state index contributed by atoms with van der Waals surface area (Å²) in [6.45, 7) is 1.97. The van der Waals surface area contributed by atoms with Crippen LogP contribution < -0.4 is 20.0 Å². The highest BCUT2D eigenvalue weighted by Gasteiger charge is 2.29. The summed E-state index contributed by atoms with van der Waals surface area (Å²) in [6, 6.07) is 56.2. The number of nitrogens with zero attached hydrogens (tertiary/aromatic N) is 4. The van der Waals surface area contributed by atoms with Crippen LogP contribution in [-0.2, 0) is 9.84 Å². The lowest BCUT2D eigenvalue weighted by Crippen LogP contribution is -2.31. The lowest BCUT2D eigenvalue weighted by molar-refractivity contribution is 0.103. The molecule has 0 bridgehead atoms. The maximum atomic E-state index is 13.8. The van der Waals surface area contributed by atoms with Crippen LogP contribution in [0.15, 0.2) is 214 Å². The molecule has 10 rings (SSSR count). The number of aromatic nitrogens is 2. The first-order chi connectivity index (χ1) is 32.5. The van der Waals surface area contributed by atoms with E-state index in [0.29, 0.717) is 67.5 Å². The van der Waals surface area contributed by atoms with Gasteiger partial charge in [0.05, 0.1) is 45.1 Å². The molecule has 1 atom stereocenters. The van der Waals surface area contributed by atoms with Crippen molar-refractivity contribution in [1.82, 2.24) is 9.78 Å². The smallest absolute Gasteiger partial charge is 0.279 e. The summed E-state index contributed by atoms with van der Waals surface area (Å²) in [7, 11) is -2.33. The molecule has 67 heavy (non-hydrogen) atoms. The molecule has 1 unspecified atom stereocenters. The average molecular weight is 901 g/mol. The second kappa shape index (κ2) is 17.5. The quantitative estimate of drug-likeness (QED) is 0.126. The molecule has 0 amide bonds. The van der Waals surface area contributed by atoms with E-state index < -0.39 is 16.1 Å². The Bertz CT molecular complexity index is 3520. The van der Waals surface area contributed by atoms with Crippen LogP contribution in [0.1, 0.15) is 44.4 Å². The molecule has 1 aliphatic heterocycles. The van der Waals surface area contributed by atoms with Crippen molar-refractivity contribution in [2.24, 2.45) is 5.10 Å². The van der Waals surface area contributed by atoms with Crippen molar-refractivity contribution in [3.8, 4) is 34.2 Å². The summed E-state index contributed by atoms with van der Waals surface area (Å²) < 4.78 is 40.5. The van der Waals surface area contributed by atoms with Gasteiger partial charge in [0.15, 0.2) is 12.0 Å². The fourth-order valence-electron chi connectivity index (χ4n) is 8.07. The van der Waals surface area contributed by atoms with Crippen molar-refractivity contribution in [3.05, 3.63) is 238 Å². The summed E-state index contributed by atoms with van der Waals surface area (Å²) in [5.74, 6) is 1.52. The van der Waals surface area contributed by atoms with Crippen molar-refractivity contribution < 1.29 is 27.8 Å². The van der Waals surface area contributed by atoms with Crippen LogP contribution in [0.2, 0.25) is 0 Å². The molecule has 1 aliphatic rings. The number of aryl methyl sites for hydroxylation is 1. The number of methoxy groups -OCH3 is 1. The van der Waals surface area contributed by atoms with Gasteiger partial charge in [0.1, 0.15) is 17.2 Å². The number of ether oxygens (including phenoxy) is 2. The number of hydrazone groups is 1. The molecule has 0 fully saturated rings. The third-order valence-corrected chi connectivity index (χ3v) is 13.5. The Labute approximate surface area is 386 Å². The van der Waals surface area contributed by atoms with Crippen molar-refractivity contribution in [2.45, 2.75) is 22.9 Å². The van der Waals surface area contributed by atoms with Crippen LogP contribution in [0.3, 0.4) is 0 Å². The summed E-state index contributed by atoms with van der Waals surface area (Å²) >= 11 is 0. The van der Waals surface area contributed by atoms with E-state index >= 15 is 0 Å². The van der Waals surface area contributed by atoms with E-state index in [9.17, 15) is 23.1 Å². The third-order valence-electron chi connectivity index (χ3n) is 11.7. The van der Waals surface area contributed by atoms with Gasteiger partial charge in [-0.25, -0.2) is 13.4 Å². The highest BCUT2D eigenvalue weighted by atomic mass is 32.2. The zero-order valence-electron chi connectivity index (χ0n) is 36.1. The zero-order chi connectivity index (χ0) is 46.2. The lowest BCUT2D eigenvalue weighted by atomic mass is 9.95. The Morgan fingerprint density at radius 3 is 1.76 bits per heavy atom. The van der Waals surface area contributed by atoms with E-state index in [0.717, 1.165) is 22.3 Å². The number of sulfone groups is 1. The fraction of sp³-hybridized carbons (Fsp3) is 0.0545. The number of aliphatic hydroxyl groups excluding tert-OH is 1. The van der Waals surface area contributed by atoms with Crippen LogP contribution in [0.4, 0.5) is 5.69 Å². The molecule has 0 saturated carbocycles. The van der Waals surface area contributed by atoms with Crippen LogP contribution in [0.5, 0.6) is 17.2 Å². The summed E-state index contributed by atoms with van der Waals surface area (Å²) in [4.78, 5) is 27.0. The minimum absolute atomic E-state index is 0.0736. The van der Waals surface area contributed by atoms with Gasteiger partial charge in [0.25, 0.3) is 5.56 Å². The number of rotatable bonds is 11. The highest BCUT2D eigenvalue weighted by Crippen LogP contribution is 2.36.